The zero-order valence-corrected chi connectivity index (χ0v) is 47.9. The summed E-state index contributed by atoms with van der Waals surface area (Å²) in [5.74, 6) is -0.186. The maximum atomic E-state index is 13.0. The maximum Gasteiger partial charge on any atom is 0.268 e. The van der Waals surface area contributed by atoms with Gasteiger partial charge in [-0.15, -0.1) is 0 Å². The van der Waals surface area contributed by atoms with E-state index in [1.54, 1.807) is 0 Å². The van der Waals surface area contributed by atoms with E-state index < -0.39 is 20.0 Å². The van der Waals surface area contributed by atoms with E-state index in [2.05, 4.69) is 67.8 Å². The lowest BCUT2D eigenvalue weighted by atomic mass is 10.0. The average molecular weight is 1010 g/mol. The van der Waals surface area contributed by atoms with Crippen molar-refractivity contribution in [2.45, 2.75) is 296 Å². The fourth-order valence-corrected chi connectivity index (χ4v) is 9.64. The number of carbonyl (C=O) groups excluding carboxylic acids is 1. The number of nitrogens with zero attached hydrogens (tertiary/aromatic N) is 1. The van der Waals surface area contributed by atoms with Gasteiger partial charge in [-0.25, -0.2) is 0 Å². The third kappa shape index (κ3) is 54.2. The van der Waals surface area contributed by atoms with Gasteiger partial charge in [0.15, 0.2) is 0 Å². The smallest absolute Gasteiger partial charge is 0.268 e. The Balaban J connectivity index is 4.07. The van der Waals surface area contributed by atoms with E-state index >= 15 is 0 Å². The van der Waals surface area contributed by atoms with Crippen molar-refractivity contribution in [1.82, 2.24) is 5.32 Å². The minimum atomic E-state index is -4.58. The number of hydrogen-bond donors (Lipinski definition) is 2. The fourth-order valence-electron chi connectivity index (χ4n) is 8.92. The zero-order valence-electron chi connectivity index (χ0n) is 47.0. The average Bonchev–Trinajstić information content (AvgIpc) is 3.32. The zero-order chi connectivity index (χ0) is 51.3. The SMILES string of the molecule is CC/C=C\C/C=C\C/C=C\C/C=C\CCCCCCC(=O)NC(COP(=O)([O-])OCC[N+](C)(C)C)C(O)CCCCCCCCCCCCCCCCCCCCCCCCCCCCCCCCC. The van der Waals surface area contributed by atoms with Gasteiger partial charge in [0.05, 0.1) is 39.9 Å². The van der Waals surface area contributed by atoms with Crippen LogP contribution in [0.4, 0.5) is 0 Å². The largest absolute Gasteiger partial charge is 0.756 e. The van der Waals surface area contributed by atoms with Crippen LogP contribution >= 0.6 is 7.82 Å². The molecule has 0 saturated carbocycles. The van der Waals surface area contributed by atoms with Crippen LogP contribution in [-0.4, -0.2) is 68.5 Å². The number of aliphatic hydroxyl groups is 1. The molecule has 3 atom stereocenters. The molecule has 0 bridgehead atoms. The van der Waals surface area contributed by atoms with Crippen LogP contribution in [0.15, 0.2) is 48.6 Å². The summed E-state index contributed by atoms with van der Waals surface area (Å²) in [5, 5.41) is 14.0. The molecular formula is C61H117N2O6P. The van der Waals surface area contributed by atoms with Gasteiger partial charge >= 0.3 is 0 Å². The van der Waals surface area contributed by atoms with E-state index in [1.807, 2.05) is 21.1 Å². The molecule has 8 nitrogen and oxygen atoms in total. The molecule has 0 aliphatic heterocycles. The number of unbranched alkanes of at least 4 members (excludes halogenated alkanes) is 34. The lowest BCUT2D eigenvalue weighted by molar-refractivity contribution is -0.870. The Bertz CT molecular complexity index is 1280. The van der Waals surface area contributed by atoms with Crippen molar-refractivity contribution in [2.24, 2.45) is 0 Å². The highest BCUT2D eigenvalue weighted by molar-refractivity contribution is 7.45. The Morgan fingerprint density at radius 1 is 0.514 bits per heavy atom. The molecule has 0 spiro atoms. The first-order chi connectivity index (χ1) is 34.0. The summed E-state index contributed by atoms with van der Waals surface area (Å²) in [6, 6.07) is -0.816. The van der Waals surface area contributed by atoms with Crippen LogP contribution in [0, 0.1) is 0 Å². The number of nitrogens with one attached hydrogen (secondary N) is 1. The summed E-state index contributed by atoms with van der Waals surface area (Å²) in [4.78, 5) is 25.5. The third-order valence-electron chi connectivity index (χ3n) is 13.6. The van der Waals surface area contributed by atoms with Crippen LogP contribution < -0.4 is 10.2 Å². The van der Waals surface area contributed by atoms with Gasteiger partial charge in [0, 0.05) is 6.42 Å². The molecule has 1 amide bonds. The van der Waals surface area contributed by atoms with Gasteiger partial charge in [0.2, 0.25) is 5.91 Å². The van der Waals surface area contributed by atoms with E-state index in [9.17, 15) is 19.4 Å². The lowest BCUT2D eigenvalue weighted by Crippen LogP contribution is -2.46. The number of quaternary nitrogens is 1. The molecule has 0 aliphatic rings. The van der Waals surface area contributed by atoms with Gasteiger partial charge in [-0.2, -0.15) is 0 Å². The Labute approximate surface area is 435 Å². The summed E-state index contributed by atoms with van der Waals surface area (Å²) in [6.45, 7) is 4.61. The lowest BCUT2D eigenvalue weighted by Gasteiger charge is -2.30. The van der Waals surface area contributed by atoms with Crippen molar-refractivity contribution in [1.29, 1.82) is 0 Å². The molecule has 412 valence electrons. The summed E-state index contributed by atoms with van der Waals surface area (Å²) in [5.41, 5.74) is 0. The first kappa shape index (κ1) is 68.5. The number of aliphatic hydroxyl groups excluding tert-OH is 1. The Hall–Kier alpha value is -1.54. The number of amides is 1. The van der Waals surface area contributed by atoms with E-state index in [4.69, 9.17) is 9.05 Å². The van der Waals surface area contributed by atoms with Crippen LogP contribution in [-0.2, 0) is 18.4 Å². The molecule has 0 heterocycles. The molecule has 0 aromatic carbocycles. The summed E-state index contributed by atoms with van der Waals surface area (Å²) < 4.78 is 23.4. The quantitative estimate of drug-likeness (QED) is 0.0272. The number of phosphoric acid groups is 1. The highest BCUT2D eigenvalue weighted by atomic mass is 31.2. The second-order valence-corrected chi connectivity index (χ2v) is 23.1. The molecule has 0 saturated heterocycles. The van der Waals surface area contributed by atoms with Crippen molar-refractivity contribution in [3.63, 3.8) is 0 Å². The molecule has 0 radical (unpaired) electrons. The van der Waals surface area contributed by atoms with E-state index in [-0.39, 0.29) is 19.1 Å². The van der Waals surface area contributed by atoms with Gasteiger partial charge in [-0.1, -0.05) is 274 Å². The van der Waals surface area contributed by atoms with E-state index in [0.717, 1.165) is 77.0 Å². The van der Waals surface area contributed by atoms with E-state index in [1.165, 1.54) is 180 Å². The third-order valence-corrected chi connectivity index (χ3v) is 14.5. The van der Waals surface area contributed by atoms with Crippen molar-refractivity contribution < 1.29 is 32.9 Å². The van der Waals surface area contributed by atoms with Gasteiger partial charge < -0.3 is 28.8 Å². The second-order valence-electron chi connectivity index (χ2n) is 21.7. The van der Waals surface area contributed by atoms with Gasteiger partial charge in [0.25, 0.3) is 7.82 Å². The first-order valence-electron chi connectivity index (χ1n) is 30.0. The number of allylic oxidation sites excluding steroid dienone is 8. The number of rotatable bonds is 55. The molecule has 70 heavy (non-hydrogen) atoms. The van der Waals surface area contributed by atoms with Gasteiger partial charge in [-0.05, 0) is 51.4 Å². The number of phosphoric ester groups is 1. The number of hydrogen-bond acceptors (Lipinski definition) is 6. The molecule has 0 aromatic rings. The van der Waals surface area contributed by atoms with Crippen LogP contribution in [0.2, 0.25) is 0 Å². The standard InChI is InChI=1S/C61H117N2O6P/c1-6-8-10-12-14-16-18-20-22-24-25-26-27-28-29-30-31-32-33-34-35-36-37-39-40-42-44-46-48-50-52-54-60(64)59(58-69-70(66,67)68-57-56-63(3,4)5)62-61(65)55-53-51-49-47-45-43-41-38-23-21-19-17-15-13-11-9-7-2/h9,11,15,17,21,23,41,43,59-60,64H,6-8,10,12-14,16,18-20,22,24-40,42,44-58H2,1-5H3,(H-,62,65,66,67)/b11-9-,17-15-,23-21-,43-41-. The fraction of sp³-hybridized carbons (Fsp3) is 0.852. The van der Waals surface area contributed by atoms with Crippen LogP contribution in [0.25, 0.3) is 0 Å². The molecule has 0 rings (SSSR count). The van der Waals surface area contributed by atoms with Gasteiger partial charge in [0.1, 0.15) is 13.2 Å². The van der Waals surface area contributed by atoms with Crippen molar-refractivity contribution >= 4 is 13.7 Å². The topological polar surface area (TPSA) is 108 Å². The number of carbonyl (C=O) groups is 1. The predicted octanol–water partition coefficient (Wildman–Crippen LogP) is 17.7. The molecule has 0 aromatic heterocycles. The maximum absolute atomic E-state index is 13.0. The van der Waals surface area contributed by atoms with Gasteiger partial charge in [-0.3, -0.25) is 9.36 Å². The predicted molar refractivity (Wildman–Crippen MR) is 302 cm³/mol. The van der Waals surface area contributed by atoms with E-state index in [0.29, 0.717) is 23.9 Å². The highest BCUT2D eigenvalue weighted by Gasteiger charge is 2.24. The Kier molecular flexibility index (Phi) is 51.2. The molecule has 9 heteroatoms. The summed E-state index contributed by atoms with van der Waals surface area (Å²) >= 11 is 0. The van der Waals surface area contributed by atoms with Crippen LogP contribution in [0.3, 0.4) is 0 Å². The van der Waals surface area contributed by atoms with Crippen molar-refractivity contribution in [3.05, 3.63) is 48.6 Å². The Morgan fingerprint density at radius 3 is 1.27 bits per heavy atom. The highest BCUT2D eigenvalue weighted by Crippen LogP contribution is 2.38. The summed E-state index contributed by atoms with van der Waals surface area (Å²) in [7, 11) is 1.29. The molecular weight excluding hydrogens is 888 g/mol. The number of likely N-dealkylation sites (N-methyl/N-ethyl adjacent to an activating group) is 1. The van der Waals surface area contributed by atoms with Crippen molar-refractivity contribution in [2.75, 3.05) is 40.9 Å². The van der Waals surface area contributed by atoms with Crippen LogP contribution in [0.5, 0.6) is 0 Å². The van der Waals surface area contributed by atoms with Crippen LogP contribution in [0.1, 0.15) is 284 Å². The Morgan fingerprint density at radius 2 is 0.871 bits per heavy atom. The molecule has 3 unspecified atom stereocenters. The molecule has 0 fully saturated rings. The monoisotopic (exact) mass is 1000 g/mol. The minimum Gasteiger partial charge on any atom is -0.756 e. The summed E-state index contributed by atoms with van der Waals surface area (Å²) in [6.07, 6.45) is 68.8. The molecule has 0 aliphatic carbocycles. The minimum absolute atomic E-state index is 0.00578. The molecule has 2 N–H and O–H groups in total. The van der Waals surface area contributed by atoms with Crippen molar-refractivity contribution in [3.8, 4) is 0 Å². The second kappa shape index (κ2) is 52.3. The first-order valence-corrected chi connectivity index (χ1v) is 31.4. The normalized spacial score (nSPS) is 14.2.